The van der Waals surface area contributed by atoms with E-state index in [2.05, 4.69) is 20.2 Å². The smallest absolute Gasteiger partial charge is 0.273 e. The molecule has 0 saturated carbocycles. The molecule has 3 aromatic rings. The maximum atomic E-state index is 11.3. The molecule has 0 unspecified atom stereocenters. The van der Waals surface area contributed by atoms with Crippen LogP contribution in [0.15, 0.2) is 41.5 Å². The molecule has 0 aliphatic carbocycles. The number of nitrogens with one attached hydrogen (secondary N) is 2. The Hall–Kier alpha value is -2.43. The van der Waals surface area contributed by atoms with Crippen molar-refractivity contribution in [2.24, 2.45) is 0 Å². The van der Waals surface area contributed by atoms with Crippen LogP contribution in [0.2, 0.25) is 0 Å². The van der Waals surface area contributed by atoms with Crippen molar-refractivity contribution in [1.82, 2.24) is 20.2 Å². The monoisotopic (exact) mass is 212 g/mol. The first-order chi connectivity index (χ1) is 7.84. The molecule has 0 aromatic carbocycles. The molecule has 0 aliphatic heterocycles. The molecule has 78 valence electrons. The summed E-state index contributed by atoms with van der Waals surface area (Å²) in [6, 6.07) is 7.33. The van der Waals surface area contributed by atoms with Crippen LogP contribution in [0.4, 0.5) is 0 Å². The molecule has 0 saturated heterocycles. The van der Waals surface area contributed by atoms with Gasteiger partial charge < -0.3 is 0 Å². The van der Waals surface area contributed by atoms with Crippen LogP contribution in [0.3, 0.4) is 0 Å². The molecule has 3 rings (SSSR count). The molecule has 0 fully saturated rings. The zero-order chi connectivity index (χ0) is 11.0. The molecule has 0 atom stereocenters. The minimum absolute atomic E-state index is 0.153. The summed E-state index contributed by atoms with van der Waals surface area (Å²) in [7, 11) is 0. The molecule has 0 spiro atoms. The van der Waals surface area contributed by atoms with Gasteiger partial charge in [-0.25, -0.2) is 4.98 Å². The Labute approximate surface area is 90.2 Å². The van der Waals surface area contributed by atoms with E-state index >= 15 is 0 Å². The zero-order valence-corrected chi connectivity index (χ0v) is 8.27. The fourth-order valence-electron chi connectivity index (χ4n) is 1.60. The average molecular weight is 212 g/mol. The number of nitrogens with zero attached hydrogens (tertiary/aromatic N) is 2. The van der Waals surface area contributed by atoms with Crippen LogP contribution in [0.1, 0.15) is 0 Å². The molecule has 5 heteroatoms. The highest BCUT2D eigenvalue weighted by molar-refractivity contribution is 5.77. The molecule has 0 radical (unpaired) electrons. The van der Waals surface area contributed by atoms with E-state index in [1.807, 2.05) is 18.2 Å². The summed E-state index contributed by atoms with van der Waals surface area (Å²) >= 11 is 0. The lowest BCUT2D eigenvalue weighted by atomic mass is 10.2. The van der Waals surface area contributed by atoms with Crippen molar-refractivity contribution in [3.05, 3.63) is 47.0 Å². The summed E-state index contributed by atoms with van der Waals surface area (Å²) in [5.74, 6) is 0. The predicted molar refractivity (Wildman–Crippen MR) is 59.9 cm³/mol. The molecule has 0 aliphatic rings. The number of pyridine rings is 2. The molecule has 2 N–H and O–H groups in total. The highest BCUT2D eigenvalue weighted by atomic mass is 16.1. The molecule has 0 amide bonds. The number of aromatic nitrogens is 4. The van der Waals surface area contributed by atoms with Crippen LogP contribution in [-0.2, 0) is 0 Å². The van der Waals surface area contributed by atoms with E-state index in [-0.39, 0.29) is 5.56 Å². The molecular formula is C11H8N4O. The van der Waals surface area contributed by atoms with Crippen LogP contribution in [-0.4, -0.2) is 20.2 Å². The fraction of sp³-hybridized carbons (Fsp3) is 0. The third kappa shape index (κ3) is 1.30. The van der Waals surface area contributed by atoms with Gasteiger partial charge in [-0.05, 0) is 24.3 Å². The van der Waals surface area contributed by atoms with E-state index in [1.165, 1.54) is 0 Å². The second-order valence-corrected chi connectivity index (χ2v) is 3.41. The Balaban J connectivity index is 2.23. The van der Waals surface area contributed by atoms with Gasteiger partial charge in [0.15, 0.2) is 5.65 Å². The van der Waals surface area contributed by atoms with Crippen molar-refractivity contribution in [3.8, 4) is 11.3 Å². The van der Waals surface area contributed by atoms with Crippen molar-refractivity contribution in [2.75, 3.05) is 0 Å². The van der Waals surface area contributed by atoms with Gasteiger partial charge >= 0.3 is 0 Å². The normalized spacial score (nSPS) is 10.8. The van der Waals surface area contributed by atoms with Gasteiger partial charge in [0.05, 0.1) is 11.1 Å². The lowest BCUT2D eigenvalue weighted by Crippen LogP contribution is -1.97. The van der Waals surface area contributed by atoms with E-state index in [1.54, 1.807) is 18.5 Å². The standard InChI is InChI=1S/C11H8N4O/c16-11-8-3-4-9(13-10(8)14-15-11)7-2-1-5-12-6-7/h1-6H,(H2,13,14,15,16). The highest BCUT2D eigenvalue weighted by Gasteiger charge is 2.04. The van der Waals surface area contributed by atoms with E-state index in [9.17, 15) is 4.79 Å². The van der Waals surface area contributed by atoms with Crippen LogP contribution in [0.5, 0.6) is 0 Å². The molecule has 3 heterocycles. The third-order valence-electron chi connectivity index (χ3n) is 2.39. The Morgan fingerprint density at radius 2 is 2.06 bits per heavy atom. The number of hydrogen-bond acceptors (Lipinski definition) is 3. The average Bonchev–Trinajstić information content (AvgIpc) is 2.72. The van der Waals surface area contributed by atoms with Gasteiger partial charge in [-0.15, -0.1) is 0 Å². The van der Waals surface area contributed by atoms with Crippen molar-refractivity contribution in [3.63, 3.8) is 0 Å². The largest absolute Gasteiger partial charge is 0.281 e. The number of H-pyrrole nitrogens is 2. The second-order valence-electron chi connectivity index (χ2n) is 3.41. The minimum atomic E-state index is -0.153. The first-order valence-electron chi connectivity index (χ1n) is 4.82. The van der Waals surface area contributed by atoms with Gasteiger partial charge in [0.25, 0.3) is 5.56 Å². The molecule has 3 aromatic heterocycles. The molecule has 0 bridgehead atoms. The van der Waals surface area contributed by atoms with Crippen molar-refractivity contribution in [1.29, 1.82) is 0 Å². The molecular weight excluding hydrogens is 204 g/mol. The van der Waals surface area contributed by atoms with Crippen LogP contribution < -0.4 is 5.56 Å². The summed E-state index contributed by atoms with van der Waals surface area (Å²) in [5, 5.41) is 5.79. The van der Waals surface area contributed by atoms with E-state index in [0.29, 0.717) is 11.0 Å². The van der Waals surface area contributed by atoms with Gasteiger partial charge in [0.1, 0.15) is 0 Å². The van der Waals surface area contributed by atoms with Crippen LogP contribution in [0, 0.1) is 0 Å². The summed E-state index contributed by atoms with van der Waals surface area (Å²) < 4.78 is 0. The lowest BCUT2D eigenvalue weighted by Gasteiger charge is -1.98. The summed E-state index contributed by atoms with van der Waals surface area (Å²) in [5.41, 5.74) is 2.12. The van der Waals surface area contributed by atoms with Crippen molar-refractivity contribution in [2.45, 2.75) is 0 Å². The first-order valence-corrected chi connectivity index (χ1v) is 4.82. The maximum Gasteiger partial charge on any atom is 0.273 e. The highest BCUT2D eigenvalue weighted by Crippen LogP contribution is 2.16. The van der Waals surface area contributed by atoms with Crippen molar-refractivity contribution < 1.29 is 0 Å². The topological polar surface area (TPSA) is 74.4 Å². The van der Waals surface area contributed by atoms with Gasteiger partial charge in [-0.2, -0.15) is 0 Å². The Bertz CT molecular complexity index is 684. The van der Waals surface area contributed by atoms with Crippen LogP contribution in [0.25, 0.3) is 22.3 Å². The number of aromatic amines is 2. The lowest BCUT2D eigenvalue weighted by molar-refractivity contribution is 1.06. The Kier molecular flexibility index (Phi) is 1.83. The van der Waals surface area contributed by atoms with E-state index < -0.39 is 0 Å². The summed E-state index contributed by atoms with van der Waals surface area (Å²) in [6.45, 7) is 0. The fourth-order valence-corrected chi connectivity index (χ4v) is 1.60. The van der Waals surface area contributed by atoms with Gasteiger partial charge in [-0.3, -0.25) is 20.0 Å². The summed E-state index contributed by atoms with van der Waals surface area (Å²) in [4.78, 5) is 19.7. The predicted octanol–water partition coefficient (Wildman–Crippen LogP) is 1.31. The Morgan fingerprint density at radius 1 is 1.12 bits per heavy atom. The first kappa shape index (κ1) is 8.84. The van der Waals surface area contributed by atoms with E-state index in [4.69, 9.17) is 0 Å². The van der Waals surface area contributed by atoms with Crippen LogP contribution >= 0.6 is 0 Å². The Morgan fingerprint density at radius 3 is 2.88 bits per heavy atom. The number of hydrogen-bond donors (Lipinski definition) is 2. The minimum Gasteiger partial charge on any atom is -0.281 e. The van der Waals surface area contributed by atoms with Gasteiger partial charge in [0, 0.05) is 18.0 Å². The SMILES string of the molecule is O=c1[nH][nH]c2nc(-c3cccnc3)ccc12. The van der Waals surface area contributed by atoms with Gasteiger partial charge in [0.2, 0.25) is 0 Å². The van der Waals surface area contributed by atoms with E-state index in [0.717, 1.165) is 11.3 Å². The van der Waals surface area contributed by atoms with Gasteiger partial charge in [-0.1, -0.05) is 0 Å². The summed E-state index contributed by atoms with van der Waals surface area (Å²) in [6.07, 6.45) is 3.44. The molecule has 16 heavy (non-hydrogen) atoms. The third-order valence-corrected chi connectivity index (χ3v) is 2.39. The maximum absolute atomic E-state index is 11.3. The number of rotatable bonds is 1. The number of fused-ring (bicyclic) bond motifs is 1. The van der Waals surface area contributed by atoms with Crippen molar-refractivity contribution >= 4 is 11.0 Å². The second kappa shape index (κ2) is 3.30. The zero-order valence-electron chi connectivity index (χ0n) is 8.27. The molecule has 5 nitrogen and oxygen atoms in total. The quantitative estimate of drug-likeness (QED) is 0.638.